The van der Waals surface area contributed by atoms with E-state index in [9.17, 15) is 22.8 Å². The summed E-state index contributed by atoms with van der Waals surface area (Å²) in [6, 6.07) is 4.20. The van der Waals surface area contributed by atoms with E-state index in [2.05, 4.69) is 5.32 Å². The van der Waals surface area contributed by atoms with Crippen molar-refractivity contribution in [2.75, 3.05) is 39.8 Å². The Labute approximate surface area is 132 Å². The number of hydrogen-bond donors (Lipinski definition) is 1. The standard InChI is InChI=1S/C15H18F3N3O2/c1-20(10-13(22)21-7-5-19-6-8-21)14(23)11-3-2-4-12(9-11)15(16,17)18/h2-4,9,19H,5-8,10H2,1H3. The van der Waals surface area contributed by atoms with Crippen molar-refractivity contribution >= 4 is 11.8 Å². The van der Waals surface area contributed by atoms with Crippen LogP contribution in [0, 0.1) is 0 Å². The number of piperazine rings is 1. The highest BCUT2D eigenvalue weighted by atomic mass is 19.4. The van der Waals surface area contributed by atoms with Gasteiger partial charge in [-0.25, -0.2) is 0 Å². The summed E-state index contributed by atoms with van der Waals surface area (Å²) < 4.78 is 38.1. The van der Waals surface area contributed by atoms with E-state index in [1.54, 1.807) is 4.90 Å². The highest BCUT2D eigenvalue weighted by Gasteiger charge is 2.31. The summed E-state index contributed by atoms with van der Waals surface area (Å²) in [5, 5.41) is 3.11. The predicted molar refractivity (Wildman–Crippen MR) is 77.9 cm³/mol. The van der Waals surface area contributed by atoms with Crippen molar-refractivity contribution in [2.45, 2.75) is 6.18 Å². The minimum Gasteiger partial charge on any atom is -0.339 e. The van der Waals surface area contributed by atoms with Crippen LogP contribution in [0.25, 0.3) is 0 Å². The molecular formula is C15H18F3N3O2. The fraction of sp³-hybridized carbons (Fsp3) is 0.467. The maximum Gasteiger partial charge on any atom is 0.416 e. The first-order valence-electron chi connectivity index (χ1n) is 7.20. The number of nitrogens with zero attached hydrogens (tertiary/aromatic N) is 2. The van der Waals surface area contributed by atoms with E-state index in [0.29, 0.717) is 26.2 Å². The molecule has 1 aromatic rings. The molecule has 0 aromatic heterocycles. The average molecular weight is 329 g/mol. The van der Waals surface area contributed by atoms with Crippen LogP contribution in [0.15, 0.2) is 24.3 Å². The Bertz CT molecular complexity index is 584. The van der Waals surface area contributed by atoms with Gasteiger partial charge in [0.2, 0.25) is 5.91 Å². The van der Waals surface area contributed by atoms with Crippen LogP contribution in [-0.2, 0) is 11.0 Å². The first kappa shape index (κ1) is 17.3. The number of rotatable bonds is 3. The zero-order valence-electron chi connectivity index (χ0n) is 12.7. The molecule has 2 amide bonds. The number of nitrogens with one attached hydrogen (secondary N) is 1. The molecule has 0 spiro atoms. The molecule has 0 saturated carbocycles. The van der Waals surface area contributed by atoms with Crippen LogP contribution in [0.1, 0.15) is 15.9 Å². The van der Waals surface area contributed by atoms with Crippen LogP contribution < -0.4 is 5.32 Å². The molecule has 0 bridgehead atoms. The normalized spacial score (nSPS) is 15.4. The van der Waals surface area contributed by atoms with Crippen molar-refractivity contribution in [3.05, 3.63) is 35.4 Å². The Morgan fingerprint density at radius 2 is 1.91 bits per heavy atom. The van der Waals surface area contributed by atoms with Gasteiger partial charge in [0.25, 0.3) is 5.91 Å². The molecule has 1 aliphatic heterocycles. The van der Waals surface area contributed by atoms with E-state index in [1.807, 2.05) is 0 Å². The molecule has 0 atom stereocenters. The van der Waals surface area contributed by atoms with Gasteiger partial charge in [0.1, 0.15) is 0 Å². The Morgan fingerprint density at radius 3 is 2.52 bits per heavy atom. The van der Waals surface area contributed by atoms with Crippen LogP contribution in [0.5, 0.6) is 0 Å². The van der Waals surface area contributed by atoms with Crippen molar-refractivity contribution in [3.63, 3.8) is 0 Å². The summed E-state index contributed by atoms with van der Waals surface area (Å²) in [4.78, 5) is 27.1. The molecule has 2 rings (SSSR count). The quantitative estimate of drug-likeness (QED) is 0.907. The van der Waals surface area contributed by atoms with Gasteiger partial charge in [-0.2, -0.15) is 13.2 Å². The van der Waals surface area contributed by atoms with Gasteiger partial charge in [-0.15, -0.1) is 0 Å². The Morgan fingerprint density at radius 1 is 1.26 bits per heavy atom. The predicted octanol–water partition coefficient (Wildman–Crippen LogP) is 1.21. The number of benzene rings is 1. The lowest BCUT2D eigenvalue weighted by Crippen LogP contribution is -2.49. The van der Waals surface area contributed by atoms with Gasteiger partial charge in [-0.05, 0) is 18.2 Å². The number of amides is 2. The van der Waals surface area contributed by atoms with Crippen molar-refractivity contribution < 1.29 is 22.8 Å². The lowest BCUT2D eigenvalue weighted by molar-refractivity contribution is -0.137. The van der Waals surface area contributed by atoms with E-state index in [4.69, 9.17) is 0 Å². The number of halogens is 3. The van der Waals surface area contributed by atoms with Crippen molar-refractivity contribution in [2.24, 2.45) is 0 Å². The van der Waals surface area contributed by atoms with E-state index >= 15 is 0 Å². The lowest BCUT2D eigenvalue weighted by Gasteiger charge is -2.29. The van der Waals surface area contributed by atoms with Gasteiger partial charge in [-0.1, -0.05) is 6.07 Å². The fourth-order valence-electron chi connectivity index (χ4n) is 2.34. The third kappa shape index (κ3) is 4.44. The zero-order chi connectivity index (χ0) is 17.0. The minimum absolute atomic E-state index is 0.0876. The van der Waals surface area contributed by atoms with Gasteiger partial charge in [0.15, 0.2) is 0 Å². The number of likely N-dealkylation sites (N-methyl/N-ethyl adjacent to an activating group) is 1. The first-order valence-corrected chi connectivity index (χ1v) is 7.20. The second-order valence-corrected chi connectivity index (χ2v) is 5.37. The van der Waals surface area contributed by atoms with Gasteiger partial charge in [0, 0.05) is 38.8 Å². The van der Waals surface area contributed by atoms with Crippen molar-refractivity contribution in [3.8, 4) is 0 Å². The summed E-state index contributed by atoms with van der Waals surface area (Å²) in [6.45, 7) is 2.35. The average Bonchev–Trinajstić information content (AvgIpc) is 2.54. The van der Waals surface area contributed by atoms with E-state index in [1.165, 1.54) is 19.2 Å². The molecule has 1 aromatic carbocycles. The molecule has 5 nitrogen and oxygen atoms in total. The number of carbonyl (C=O) groups excluding carboxylic acids is 2. The second kappa shape index (κ2) is 6.99. The Hall–Kier alpha value is -2.09. The second-order valence-electron chi connectivity index (χ2n) is 5.37. The van der Waals surface area contributed by atoms with Gasteiger partial charge < -0.3 is 15.1 Å². The molecule has 0 radical (unpaired) electrons. The van der Waals surface area contributed by atoms with Gasteiger partial charge >= 0.3 is 6.18 Å². The van der Waals surface area contributed by atoms with Crippen LogP contribution in [0.2, 0.25) is 0 Å². The van der Waals surface area contributed by atoms with Gasteiger partial charge in [-0.3, -0.25) is 9.59 Å². The largest absolute Gasteiger partial charge is 0.416 e. The number of hydrogen-bond acceptors (Lipinski definition) is 3. The monoisotopic (exact) mass is 329 g/mol. The molecule has 126 valence electrons. The fourth-order valence-corrected chi connectivity index (χ4v) is 2.34. The van der Waals surface area contributed by atoms with E-state index in [0.717, 1.165) is 17.0 Å². The summed E-state index contributed by atoms with van der Waals surface area (Å²) in [5.41, 5.74) is -0.972. The van der Waals surface area contributed by atoms with Crippen molar-refractivity contribution in [1.29, 1.82) is 0 Å². The molecule has 1 N–H and O–H groups in total. The minimum atomic E-state index is -4.51. The highest BCUT2D eigenvalue weighted by molar-refractivity contribution is 5.96. The summed E-state index contributed by atoms with van der Waals surface area (Å²) >= 11 is 0. The summed E-state index contributed by atoms with van der Waals surface area (Å²) in [6.07, 6.45) is -4.51. The maximum atomic E-state index is 12.7. The molecular weight excluding hydrogens is 311 g/mol. The number of alkyl halides is 3. The SMILES string of the molecule is CN(CC(=O)N1CCNCC1)C(=O)c1cccc(C(F)(F)F)c1. The Balaban J connectivity index is 2.03. The van der Waals surface area contributed by atoms with Crippen molar-refractivity contribution in [1.82, 2.24) is 15.1 Å². The van der Waals surface area contributed by atoms with Crippen LogP contribution in [-0.4, -0.2) is 61.4 Å². The lowest BCUT2D eigenvalue weighted by atomic mass is 10.1. The molecule has 23 heavy (non-hydrogen) atoms. The molecule has 0 unspecified atom stereocenters. The summed E-state index contributed by atoms with van der Waals surface area (Å²) in [5.74, 6) is -0.825. The van der Waals surface area contributed by atoms with Crippen LogP contribution in [0.3, 0.4) is 0 Å². The molecule has 1 heterocycles. The maximum absolute atomic E-state index is 12.7. The molecule has 1 fully saturated rings. The topological polar surface area (TPSA) is 52.7 Å². The third-order valence-corrected chi connectivity index (χ3v) is 3.63. The number of carbonyl (C=O) groups is 2. The highest BCUT2D eigenvalue weighted by Crippen LogP contribution is 2.29. The molecule has 8 heteroatoms. The zero-order valence-corrected chi connectivity index (χ0v) is 12.7. The summed E-state index contributed by atoms with van der Waals surface area (Å²) in [7, 11) is 1.41. The van der Waals surface area contributed by atoms with Crippen LogP contribution >= 0.6 is 0 Å². The molecule has 1 aliphatic rings. The Kier molecular flexibility index (Phi) is 5.25. The van der Waals surface area contributed by atoms with E-state index < -0.39 is 17.6 Å². The smallest absolute Gasteiger partial charge is 0.339 e. The van der Waals surface area contributed by atoms with Crippen LogP contribution in [0.4, 0.5) is 13.2 Å². The van der Waals surface area contributed by atoms with E-state index in [-0.39, 0.29) is 18.0 Å². The first-order chi connectivity index (χ1) is 10.8. The third-order valence-electron chi connectivity index (χ3n) is 3.63. The molecule has 1 saturated heterocycles. The van der Waals surface area contributed by atoms with Gasteiger partial charge in [0.05, 0.1) is 12.1 Å². The molecule has 0 aliphatic carbocycles.